The molecule has 0 aromatic carbocycles. The summed E-state index contributed by atoms with van der Waals surface area (Å²) in [6, 6.07) is -0.350. The van der Waals surface area contributed by atoms with Crippen LogP contribution in [0.5, 0.6) is 0 Å². The molecule has 0 saturated carbocycles. The molecule has 5 nitrogen and oxygen atoms in total. The summed E-state index contributed by atoms with van der Waals surface area (Å²) in [5.41, 5.74) is 0. The Kier molecular flexibility index (Phi) is 5.85. The lowest BCUT2D eigenvalue weighted by Crippen LogP contribution is -2.43. The van der Waals surface area contributed by atoms with Crippen molar-refractivity contribution in [3.63, 3.8) is 0 Å². The molecular weight excluding hydrogens is 196 g/mol. The summed E-state index contributed by atoms with van der Waals surface area (Å²) in [5, 5.41) is 8.60. The number of carboxylic acid groups (broad SMARTS) is 1. The van der Waals surface area contributed by atoms with Crippen molar-refractivity contribution in [1.29, 1.82) is 0 Å². The second kappa shape index (κ2) is 6.64. The highest BCUT2D eigenvalue weighted by Gasteiger charge is 2.18. The summed E-state index contributed by atoms with van der Waals surface area (Å²) in [6.07, 6.45) is 3.06. The lowest BCUT2D eigenvalue weighted by Gasteiger charge is -2.25. The Labute approximate surface area is 89.3 Å². The number of urea groups is 1. The van der Waals surface area contributed by atoms with E-state index < -0.39 is 5.97 Å². The van der Waals surface area contributed by atoms with Gasteiger partial charge in [-0.1, -0.05) is 12.2 Å². The molecule has 15 heavy (non-hydrogen) atoms. The van der Waals surface area contributed by atoms with Gasteiger partial charge in [0.2, 0.25) is 0 Å². The van der Waals surface area contributed by atoms with Crippen molar-refractivity contribution in [2.24, 2.45) is 0 Å². The zero-order chi connectivity index (χ0) is 11.8. The van der Waals surface area contributed by atoms with E-state index in [1.54, 1.807) is 13.1 Å². The van der Waals surface area contributed by atoms with Crippen LogP contribution < -0.4 is 0 Å². The minimum absolute atomic E-state index is 0.215. The van der Waals surface area contributed by atoms with E-state index in [9.17, 15) is 9.59 Å². The summed E-state index contributed by atoms with van der Waals surface area (Å²) < 4.78 is 0. The van der Waals surface area contributed by atoms with Gasteiger partial charge in [0.25, 0.3) is 0 Å². The molecule has 0 atom stereocenters. The van der Waals surface area contributed by atoms with Crippen molar-refractivity contribution in [2.75, 3.05) is 26.7 Å². The molecule has 1 N–H and O–H groups in total. The highest BCUT2D eigenvalue weighted by atomic mass is 16.4. The molecule has 0 spiro atoms. The Morgan fingerprint density at radius 2 is 1.80 bits per heavy atom. The van der Waals surface area contributed by atoms with Gasteiger partial charge in [0.05, 0.1) is 0 Å². The van der Waals surface area contributed by atoms with Crippen LogP contribution in [0.3, 0.4) is 0 Å². The van der Waals surface area contributed by atoms with Gasteiger partial charge in [0.1, 0.15) is 6.54 Å². The van der Waals surface area contributed by atoms with E-state index in [1.165, 1.54) is 15.9 Å². The first-order valence-electron chi connectivity index (χ1n) is 4.46. The standard InChI is InChI=1S/C10H16N2O3/c1-4-6-11(3)10(15)12(7-5-2)8-9(13)14/h4-5H,1-2,6-8H2,3H3,(H,13,14). The van der Waals surface area contributed by atoms with Gasteiger partial charge in [0.15, 0.2) is 0 Å². The second-order valence-electron chi connectivity index (χ2n) is 3.01. The van der Waals surface area contributed by atoms with Gasteiger partial charge in [-0.2, -0.15) is 0 Å². The number of carboxylic acids is 1. The van der Waals surface area contributed by atoms with Gasteiger partial charge in [-0.15, -0.1) is 13.2 Å². The number of carbonyl (C=O) groups is 2. The monoisotopic (exact) mass is 212 g/mol. The number of hydrogen-bond donors (Lipinski definition) is 1. The molecule has 0 aromatic rings. The molecule has 0 fully saturated rings. The quantitative estimate of drug-likeness (QED) is 0.662. The maximum Gasteiger partial charge on any atom is 0.323 e. The number of rotatable bonds is 6. The van der Waals surface area contributed by atoms with Crippen LogP contribution in [-0.4, -0.2) is 53.6 Å². The van der Waals surface area contributed by atoms with Crippen molar-refractivity contribution in [2.45, 2.75) is 0 Å². The molecule has 0 rings (SSSR count). The molecular formula is C10H16N2O3. The van der Waals surface area contributed by atoms with Gasteiger partial charge in [-0.25, -0.2) is 4.79 Å². The molecule has 0 aromatic heterocycles. The Balaban J connectivity index is 4.45. The molecule has 84 valence electrons. The molecule has 0 aliphatic heterocycles. The van der Waals surface area contributed by atoms with Crippen molar-refractivity contribution >= 4 is 12.0 Å². The molecule has 0 bridgehead atoms. The highest BCUT2D eigenvalue weighted by Crippen LogP contribution is 1.97. The molecule has 0 heterocycles. The summed E-state index contributed by atoms with van der Waals surface area (Å²) >= 11 is 0. The van der Waals surface area contributed by atoms with E-state index in [0.717, 1.165) is 0 Å². The van der Waals surface area contributed by atoms with E-state index in [4.69, 9.17) is 5.11 Å². The Bertz CT molecular complexity index is 263. The van der Waals surface area contributed by atoms with Crippen molar-refractivity contribution < 1.29 is 14.7 Å². The highest BCUT2D eigenvalue weighted by molar-refractivity contribution is 5.80. The number of hydrogen-bond acceptors (Lipinski definition) is 2. The first kappa shape index (κ1) is 13.2. The second-order valence-corrected chi connectivity index (χ2v) is 3.01. The predicted molar refractivity (Wildman–Crippen MR) is 57.6 cm³/mol. The molecule has 0 aliphatic rings. The van der Waals surface area contributed by atoms with Crippen LogP contribution in [0.1, 0.15) is 0 Å². The Hall–Kier alpha value is -1.78. The van der Waals surface area contributed by atoms with E-state index in [-0.39, 0.29) is 19.1 Å². The summed E-state index contributed by atoms with van der Waals surface area (Å²) in [7, 11) is 1.59. The topological polar surface area (TPSA) is 60.9 Å². The molecule has 0 saturated heterocycles. The van der Waals surface area contributed by atoms with Gasteiger partial charge >= 0.3 is 12.0 Å². The normalized spacial score (nSPS) is 9.13. The lowest BCUT2D eigenvalue weighted by molar-refractivity contribution is -0.137. The average Bonchev–Trinajstić information content (AvgIpc) is 2.16. The van der Waals surface area contributed by atoms with E-state index in [2.05, 4.69) is 13.2 Å². The molecule has 0 unspecified atom stereocenters. The summed E-state index contributed by atoms with van der Waals surface area (Å²) in [4.78, 5) is 24.7. The lowest BCUT2D eigenvalue weighted by atomic mass is 10.4. The molecule has 0 radical (unpaired) electrons. The maximum absolute atomic E-state index is 11.7. The Morgan fingerprint density at radius 1 is 1.27 bits per heavy atom. The number of nitrogens with zero attached hydrogens (tertiary/aromatic N) is 2. The van der Waals surface area contributed by atoms with Crippen molar-refractivity contribution in [3.05, 3.63) is 25.3 Å². The van der Waals surface area contributed by atoms with Gasteiger partial charge in [0, 0.05) is 20.1 Å². The zero-order valence-electron chi connectivity index (χ0n) is 8.85. The number of aliphatic carboxylic acids is 1. The number of carbonyl (C=O) groups excluding carboxylic acids is 1. The third-order valence-corrected chi connectivity index (χ3v) is 1.68. The van der Waals surface area contributed by atoms with Crippen LogP contribution in [0.15, 0.2) is 25.3 Å². The maximum atomic E-state index is 11.7. The van der Waals surface area contributed by atoms with E-state index >= 15 is 0 Å². The molecule has 5 heteroatoms. The van der Waals surface area contributed by atoms with Gasteiger partial charge < -0.3 is 14.9 Å². The van der Waals surface area contributed by atoms with Gasteiger partial charge in [-0.05, 0) is 0 Å². The van der Waals surface area contributed by atoms with Gasteiger partial charge in [-0.3, -0.25) is 4.79 Å². The predicted octanol–water partition coefficient (Wildman–Crippen LogP) is 0.797. The van der Waals surface area contributed by atoms with E-state index in [0.29, 0.717) is 6.54 Å². The summed E-state index contributed by atoms with van der Waals surface area (Å²) in [5.74, 6) is -1.04. The third-order valence-electron chi connectivity index (χ3n) is 1.68. The summed E-state index contributed by atoms with van der Waals surface area (Å²) in [6.45, 7) is 7.24. The van der Waals surface area contributed by atoms with Crippen LogP contribution in [0.25, 0.3) is 0 Å². The first-order chi connectivity index (χ1) is 7.02. The SMILES string of the molecule is C=CCN(C)C(=O)N(CC=C)CC(=O)O. The average molecular weight is 212 g/mol. The fourth-order valence-electron chi connectivity index (χ4n) is 1.04. The van der Waals surface area contributed by atoms with E-state index in [1.807, 2.05) is 0 Å². The van der Waals surface area contributed by atoms with Crippen LogP contribution >= 0.6 is 0 Å². The Morgan fingerprint density at radius 3 is 2.20 bits per heavy atom. The minimum atomic E-state index is -1.04. The zero-order valence-corrected chi connectivity index (χ0v) is 8.85. The molecule has 0 aliphatic carbocycles. The molecule has 2 amide bonds. The first-order valence-corrected chi connectivity index (χ1v) is 4.46. The van der Waals surface area contributed by atoms with Crippen LogP contribution in [0.4, 0.5) is 4.79 Å². The minimum Gasteiger partial charge on any atom is -0.480 e. The third kappa shape index (κ3) is 4.85. The van der Waals surface area contributed by atoms with Crippen LogP contribution in [-0.2, 0) is 4.79 Å². The van der Waals surface area contributed by atoms with Crippen LogP contribution in [0, 0.1) is 0 Å². The fourth-order valence-corrected chi connectivity index (χ4v) is 1.04. The van der Waals surface area contributed by atoms with Crippen molar-refractivity contribution in [3.8, 4) is 0 Å². The largest absolute Gasteiger partial charge is 0.480 e. The van der Waals surface area contributed by atoms with Crippen molar-refractivity contribution in [1.82, 2.24) is 9.80 Å². The smallest absolute Gasteiger partial charge is 0.323 e. The number of amides is 2. The fraction of sp³-hybridized carbons (Fsp3) is 0.400. The van der Waals surface area contributed by atoms with Crippen LogP contribution in [0.2, 0.25) is 0 Å². The number of likely N-dealkylation sites (N-methyl/N-ethyl adjacent to an activating group) is 1.